The number of alkyl halides is 3. The van der Waals surface area contributed by atoms with Crippen molar-refractivity contribution in [3.8, 4) is 22.8 Å². The van der Waals surface area contributed by atoms with Crippen LogP contribution in [0.4, 0.5) is 19.0 Å². The first-order chi connectivity index (χ1) is 19.0. The molecular formula is C26H28F3N5O6S. The number of pyridine rings is 2. The number of fused-ring (bicyclic) bond motifs is 1. The van der Waals surface area contributed by atoms with E-state index in [1.165, 1.54) is 6.07 Å². The van der Waals surface area contributed by atoms with E-state index in [4.69, 9.17) is 14.0 Å². The standard InChI is InChI=1S/C25H24F3N5O3.CH4O3S/c1-24(2,25(26,27)28)21-11-22(33-32-21)31-23(34)7-14-5-6-17(29-12-14)16-8-15-9-19(35-3)20(36-4)10-18(15)30-13-16;1-5(2,3)4/h5-6,8-13H,7H2,1-4H3,(H2,31,32,33,34);1H3,(H,2,3,4). The van der Waals surface area contributed by atoms with Gasteiger partial charge < -0.3 is 14.8 Å². The van der Waals surface area contributed by atoms with E-state index in [-0.39, 0.29) is 17.9 Å². The molecule has 11 nitrogen and oxygen atoms in total. The number of carbonyl (C=O) groups excluding carboxylic acids is 1. The zero-order chi connectivity index (χ0) is 30.6. The zero-order valence-electron chi connectivity index (χ0n) is 22.7. The van der Waals surface area contributed by atoms with Crippen molar-refractivity contribution in [1.29, 1.82) is 0 Å². The topological polar surface area (TPSA) is 156 Å². The van der Waals surface area contributed by atoms with Gasteiger partial charge in [0.2, 0.25) is 5.91 Å². The highest BCUT2D eigenvalue weighted by Gasteiger charge is 2.49. The molecule has 3 aromatic heterocycles. The van der Waals surface area contributed by atoms with Crippen LogP contribution in [-0.4, -0.2) is 65.7 Å². The van der Waals surface area contributed by atoms with Gasteiger partial charge in [-0.1, -0.05) is 6.07 Å². The van der Waals surface area contributed by atoms with E-state index in [1.807, 2.05) is 12.1 Å². The smallest absolute Gasteiger partial charge is 0.399 e. The summed E-state index contributed by atoms with van der Waals surface area (Å²) in [5.74, 6) is 0.762. The van der Waals surface area contributed by atoms with Crippen molar-refractivity contribution >= 4 is 32.7 Å². The van der Waals surface area contributed by atoms with Crippen molar-refractivity contribution in [3.05, 3.63) is 60.0 Å². The third-order valence-corrected chi connectivity index (χ3v) is 5.90. The first kappa shape index (κ1) is 31.3. The average Bonchev–Trinajstić information content (AvgIpc) is 3.35. The Kier molecular flexibility index (Phi) is 9.23. The quantitative estimate of drug-likeness (QED) is 0.261. The van der Waals surface area contributed by atoms with E-state index in [0.29, 0.717) is 29.0 Å². The van der Waals surface area contributed by atoms with Gasteiger partial charge in [-0.2, -0.15) is 26.7 Å². The molecule has 0 aliphatic rings. The van der Waals surface area contributed by atoms with Crippen LogP contribution in [0.3, 0.4) is 0 Å². The Morgan fingerprint density at radius 2 is 1.66 bits per heavy atom. The number of aromatic amines is 1. The van der Waals surface area contributed by atoms with Gasteiger partial charge in [0.15, 0.2) is 17.3 Å². The van der Waals surface area contributed by atoms with Crippen LogP contribution in [-0.2, 0) is 26.7 Å². The van der Waals surface area contributed by atoms with Crippen molar-refractivity contribution < 1.29 is 40.4 Å². The van der Waals surface area contributed by atoms with Crippen molar-refractivity contribution in [2.75, 3.05) is 25.8 Å². The number of anilines is 1. The zero-order valence-corrected chi connectivity index (χ0v) is 23.5. The number of H-pyrrole nitrogens is 1. The molecule has 0 saturated heterocycles. The monoisotopic (exact) mass is 595 g/mol. The number of nitrogens with zero attached hydrogens (tertiary/aromatic N) is 3. The van der Waals surface area contributed by atoms with Crippen LogP contribution < -0.4 is 14.8 Å². The Balaban J connectivity index is 0.000000850. The first-order valence-electron chi connectivity index (χ1n) is 11.8. The minimum atomic E-state index is -4.46. The third-order valence-electron chi connectivity index (χ3n) is 5.90. The van der Waals surface area contributed by atoms with Crippen molar-refractivity contribution in [1.82, 2.24) is 20.2 Å². The highest BCUT2D eigenvalue weighted by molar-refractivity contribution is 7.85. The Hall–Kier alpha value is -4.24. The largest absolute Gasteiger partial charge is 0.493 e. The van der Waals surface area contributed by atoms with Gasteiger partial charge in [-0.15, -0.1) is 0 Å². The number of hydrogen-bond donors (Lipinski definition) is 3. The van der Waals surface area contributed by atoms with Crippen LogP contribution >= 0.6 is 0 Å². The molecule has 0 bridgehead atoms. The highest BCUT2D eigenvalue weighted by atomic mass is 32.2. The fourth-order valence-electron chi connectivity index (χ4n) is 3.53. The van der Waals surface area contributed by atoms with E-state index >= 15 is 0 Å². The Bertz CT molecular complexity index is 1630. The molecule has 1 amide bonds. The second kappa shape index (κ2) is 12.1. The number of rotatable bonds is 7. The third kappa shape index (κ3) is 8.14. The van der Waals surface area contributed by atoms with E-state index in [2.05, 4.69) is 25.5 Å². The molecule has 0 unspecified atom stereocenters. The van der Waals surface area contributed by atoms with Gasteiger partial charge in [-0.25, -0.2) is 0 Å². The lowest BCUT2D eigenvalue weighted by atomic mass is 9.89. The SMILES string of the molecule is COc1cc2cc(-c3ccc(CC(=O)Nc4cc(C(C)(C)C(F)(F)F)[nH]n4)cn3)cnc2cc1OC.CS(=O)(=O)O. The summed E-state index contributed by atoms with van der Waals surface area (Å²) >= 11 is 0. The number of benzene rings is 1. The van der Waals surface area contributed by atoms with E-state index in [9.17, 15) is 26.4 Å². The lowest BCUT2D eigenvalue weighted by molar-refractivity contribution is -0.181. The molecule has 0 atom stereocenters. The van der Waals surface area contributed by atoms with Crippen LogP contribution in [0.25, 0.3) is 22.2 Å². The maximum absolute atomic E-state index is 13.2. The van der Waals surface area contributed by atoms with Crippen LogP contribution in [0.2, 0.25) is 0 Å². The Morgan fingerprint density at radius 1 is 1.02 bits per heavy atom. The lowest BCUT2D eigenvalue weighted by Gasteiger charge is -2.25. The number of nitrogens with one attached hydrogen (secondary N) is 2. The Labute approximate surface area is 233 Å². The summed E-state index contributed by atoms with van der Waals surface area (Å²) in [5, 5.41) is 9.50. The van der Waals surface area contributed by atoms with Crippen molar-refractivity contribution in [2.45, 2.75) is 31.9 Å². The maximum Gasteiger partial charge on any atom is 0.399 e. The van der Waals surface area contributed by atoms with E-state index < -0.39 is 27.6 Å². The number of carbonyl (C=O) groups is 1. The van der Waals surface area contributed by atoms with Crippen LogP contribution in [0, 0.1) is 0 Å². The molecule has 3 heterocycles. The van der Waals surface area contributed by atoms with E-state index in [1.54, 1.807) is 44.8 Å². The van der Waals surface area contributed by atoms with Gasteiger partial charge in [0.1, 0.15) is 5.41 Å². The number of aromatic nitrogens is 4. The average molecular weight is 596 g/mol. The molecule has 0 spiro atoms. The molecule has 4 rings (SSSR count). The summed E-state index contributed by atoms with van der Waals surface area (Å²) < 4.78 is 76.2. The van der Waals surface area contributed by atoms with Gasteiger partial charge >= 0.3 is 6.18 Å². The van der Waals surface area contributed by atoms with Gasteiger partial charge in [-0.3, -0.25) is 24.4 Å². The molecule has 0 radical (unpaired) electrons. The van der Waals surface area contributed by atoms with Crippen LogP contribution in [0.15, 0.2) is 48.8 Å². The fraction of sp³-hybridized carbons (Fsp3) is 0.308. The second-order valence-corrected chi connectivity index (χ2v) is 10.9. The number of halogens is 3. The summed E-state index contributed by atoms with van der Waals surface area (Å²) in [7, 11) is -0.545. The molecule has 3 N–H and O–H groups in total. The molecule has 0 aliphatic carbocycles. The lowest BCUT2D eigenvalue weighted by Crippen LogP contribution is -2.36. The van der Waals surface area contributed by atoms with Gasteiger partial charge in [0.05, 0.1) is 43.8 Å². The van der Waals surface area contributed by atoms with Crippen LogP contribution in [0.5, 0.6) is 11.5 Å². The molecule has 41 heavy (non-hydrogen) atoms. The van der Waals surface area contributed by atoms with Crippen LogP contribution in [0.1, 0.15) is 25.1 Å². The predicted octanol–water partition coefficient (Wildman–Crippen LogP) is 4.56. The highest BCUT2D eigenvalue weighted by Crippen LogP contribution is 2.40. The first-order valence-corrected chi connectivity index (χ1v) is 13.7. The fourth-order valence-corrected chi connectivity index (χ4v) is 3.53. The normalized spacial score (nSPS) is 11.9. The molecule has 0 saturated carbocycles. The van der Waals surface area contributed by atoms with Gasteiger partial charge in [0, 0.05) is 35.5 Å². The molecule has 220 valence electrons. The number of hydrogen-bond acceptors (Lipinski definition) is 8. The predicted molar refractivity (Wildman–Crippen MR) is 146 cm³/mol. The summed E-state index contributed by atoms with van der Waals surface area (Å²) in [5.41, 5.74) is 0.540. The summed E-state index contributed by atoms with van der Waals surface area (Å²) in [4.78, 5) is 21.3. The number of methoxy groups -OCH3 is 2. The van der Waals surface area contributed by atoms with Crippen molar-refractivity contribution in [3.63, 3.8) is 0 Å². The molecule has 4 aromatic rings. The molecule has 1 aromatic carbocycles. The summed E-state index contributed by atoms with van der Waals surface area (Å²) in [6, 6.07) is 10.3. The minimum Gasteiger partial charge on any atom is -0.493 e. The molecule has 0 aliphatic heterocycles. The van der Waals surface area contributed by atoms with E-state index in [0.717, 1.165) is 30.3 Å². The number of amides is 1. The van der Waals surface area contributed by atoms with Crippen molar-refractivity contribution in [2.24, 2.45) is 0 Å². The molecule has 15 heteroatoms. The number of ether oxygens (including phenoxy) is 2. The molecule has 0 fully saturated rings. The minimum absolute atomic E-state index is 0.0196. The second-order valence-electron chi connectivity index (χ2n) is 9.42. The summed E-state index contributed by atoms with van der Waals surface area (Å²) in [6.07, 6.45) is -0.511. The molecular weight excluding hydrogens is 567 g/mol. The summed E-state index contributed by atoms with van der Waals surface area (Å²) in [6.45, 7) is 2.08. The van der Waals surface area contributed by atoms with Gasteiger partial charge in [0.25, 0.3) is 10.1 Å². The maximum atomic E-state index is 13.2. The Morgan fingerprint density at radius 3 is 2.22 bits per heavy atom. The van der Waals surface area contributed by atoms with Gasteiger partial charge in [-0.05, 0) is 37.6 Å².